The zero-order valence-electron chi connectivity index (χ0n) is 5.34. The molecule has 0 saturated heterocycles. The van der Waals surface area contributed by atoms with Gasteiger partial charge < -0.3 is 0 Å². The molecule has 1 rings (SSSR count). The lowest BCUT2D eigenvalue weighted by Crippen LogP contribution is -1.72. The Morgan fingerprint density at radius 2 is 2.09 bits per heavy atom. The van der Waals surface area contributed by atoms with Crippen molar-refractivity contribution in [3.8, 4) is 5.40 Å². The van der Waals surface area contributed by atoms with Crippen molar-refractivity contribution >= 4 is 35.0 Å². The van der Waals surface area contributed by atoms with Crippen molar-refractivity contribution in [1.82, 2.24) is 0 Å². The molecule has 0 aromatic heterocycles. The summed E-state index contributed by atoms with van der Waals surface area (Å²) in [5.41, 5.74) is 0. The van der Waals surface area contributed by atoms with E-state index in [2.05, 4.69) is 0 Å². The minimum Gasteiger partial charge on any atom is -0.185 e. The number of hydrogen-bond acceptors (Lipinski definition) is 2. The van der Waals surface area contributed by atoms with E-state index in [0.717, 1.165) is 11.8 Å². The van der Waals surface area contributed by atoms with E-state index < -0.39 is 0 Å². The van der Waals surface area contributed by atoms with Gasteiger partial charge >= 0.3 is 0 Å². The molecule has 0 fully saturated rings. The molecule has 1 nitrogen and oxygen atoms in total. The summed E-state index contributed by atoms with van der Waals surface area (Å²) in [5, 5.41) is 11.2. The van der Waals surface area contributed by atoms with E-state index in [9.17, 15) is 0 Å². The first-order valence-corrected chi connectivity index (χ1v) is 4.33. The first-order valence-electron chi connectivity index (χ1n) is 2.75. The lowest BCUT2D eigenvalue weighted by molar-refractivity contribution is 1.47. The van der Waals surface area contributed by atoms with Crippen molar-refractivity contribution in [2.45, 2.75) is 4.90 Å². The molecule has 0 unspecified atom stereocenters. The summed E-state index contributed by atoms with van der Waals surface area (Å²) in [6.07, 6.45) is 0. The highest BCUT2D eigenvalue weighted by Crippen LogP contribution is 2.31. The zero-order chi connectivity index (χ0) is 8.27. The van der Waals surface area contributed by atoms with Crippen LogP contribution in [0.25, 0.3) is 0 Å². The number of halogens is 2. The van der Waals surface area contributed by atoms with E-state index in [1.165, 1.54) is 0 Å². The highest BCUT2D eigenvalue weighted by atomic mass is 35.5. The van der Waals surface area contributed by atoms with E-state index in [1.807, 2.05) is 5.40 Å². The van der Waals surface area contributed by atoms with Crippen molar-refractivity contribution in [3.05, 3.63) is 28.2 Å². The van der Waals surface area contributed by atoms with Crippen LogP contribution in [0.1, 0.15) is 0 Å². The van der Waals surface area contributed by atoms with Crippen molar-refractivity contribution < 1.29 is 0 Å². The van der Waals surface area contributed by atoms with E-state index in [4.69, 9.17) is 28.5 Å². The standard InChI is InChI=1S/C7H3Cl2NS/c8-5-2-1-3-6(7(5)9)11-4-10/h1-3H. The molecule has 1 aromatic rings. The number of rotatable bonds is 1. The topological polar surface area (TPSA) is 23.8 Å². The molecule has 0 aliphatic heterocycles. The lowest BCUT2D eigenvalue weighted by atomic mass is 10.4. The smallest absolute Gasteiger partial charge is 0.138 e. The molecule has 0 radical (unpaired) electrons. The molecule has 0 atom stereocenters. The van der Waals surface area contributed by atoms with Gasteiger partial charge in [0.05, 0.1) is 10.0 Å². The molecule has 0 bridgehead atoms. The van der Waals surface area contributed by atoms with Gasteiger partial charge in [-0.2, -0.15) is 5.26 Å². The fraction of sp³-hybridized carbons (Fsp3) is 0. The number of hydrogen-bond donors (Lipinski definition) is 0. The maximum atomic E-state index is 8.35. The Kier molecular flexibility index (Phi) is 3.07. The van der Waals surface area contributed by atoms with Gasteiger partial charge in [-0.1, -0.05) is 29.3 Å². The Bertz CT molecular complexity index is 306. The Morgan fingerprint density at radius 1 is 1.36 bits per heavy atom. The van der Waals surface area contributed by atoms with Crippen molar-refractivity contribution in [3.63, 3.8) is 0 Å². The maximum Gasteiger partial charge on any atom is 0.138 e. The molecule has 0 heterocycles. The maximum absolute atomic E-state index is 8.35. The van der Waals surface area contributed by atoms with Gasteiger partial charge in [0.1, 0.15) is 5.40 Å². The molecule has 0 aliphatic rings. The molecule has 56 valence electrons. The van der Waals surface area contributed by atoms with Crippen LogP contribution in [0.5, 0.6) is 0 Å². The minimum absolute atomic E-state index is 0.445. The summed E-state index contributed by atoms with van der Waals surface area (Å²) < 4.78 is 0. The second-order valence-electron chi connectivity index (χ2n) is 1.75. The quantitative estimate of drug-likeness (QED) is 0.515. The normalized spacial score (nSPS) is 9.18. The minimum atomic E-state index is 0.445. The van der Waals surface area contributed by atoms with Crippen LogP contribution in [-0.4, -0.2) is 0 Å². The number of nitriles is 1. The molecule has 1 aromatic carbocycles. The summed E-state index contributed by atoms with van der Waals surface area (Å²) >= 11 is 12.5. The predicted octanol–water partition coefficient (Wildman–Crippen LogP) is 3.57. The van der Waals surface area contributed by atoms with Gasteiger partial charge in [0.2, 0.25) is 0 Å². The molecular formula is C7H3Cl2NS. The Morgan fingerprint density at radius 3 is 2.73 bits per heavy atom. The van der Waals surface area contributed by atoms with Gasteiger partial charge in [0.15, 0.2) is 0 Å². The summed E-state index contributed by atoms with van der Waals surface area (Å²) in [7, 11) is 0. The highest BCUT2D eigenvalue weighted by Gasteiger charge is 2.03. The third-order valence-electron chi connectivity index (χ3n) is 1.07. The Balaban J connectivity index is 3.08. The largest absolute Gasteiger partial charge is 0.185 e. The van der Waals surface area contributed by atoms with Crippen LogP contribution < -0.4 is 0 Å². The third-order valence-corrected chi connectivity index (χ3v) is 2.65. The number of benzene rings is 1. The van der Waals surface area contributed by atoms with Gasteiger partial charge in [-0.05, 0) is 23.9 Å². The van der Waals surface area contributed by atoms with Crippen molar-refractivity contribution in [2.24, 2.45) is 0 Å². The summed E-state index contributed by atoms with van der Waals surface area (Å²) in [4.78, 5) is 0.696. The van der Waals surface area contributed by atoms with Crippen molar-refractivity contribution in [2.75, 3.05) is 0 Å². The van der Waals surface area contributed by atoms with Crippen LogP contribution in [0.15, 0.2) is 23.1 Å². The van der Waals surface area contributed by atoms with Crippen LogP contribution in [0.3, 0.4) is 0 Å². The lowest BCUT2D eigenvalue weighted by Gasteiger charge is -1.98. The molecule has 4 heteroatoms. The first-order chi connectivity index (χ1) is 5.25. The number of thioether (sulfide) groups is 1. The zero-order valence-corrected chi connectivity index (χ0v) is 7.67. The SMILES string of the molecule is N#CSc1cccc(Cl)c1Cl. The Hall–Kier alpha value is -0.360. The average Bonchev–Trinajstić information content (AvgIpc) is 1.99. The molecule has 0 spiro atoms. The summed E-state index contributed by atoms with van der Waals surface area (Å²) in [6, 6.07) is 5.20. The van der Waals surface area contributed by atoms with Gasteiger partial charge in [-0.3, -0.25) is 0 Å². The summed E-state index contributed by atoms with van der Waals surface area (Å²) in [5.74, 6) is 0. The summed E-state index contributed by atoms with van der Waals surface area (Å²) in [6.45, 7) is 0. The van der Waals surface area contributed by atoms with Gasteiger partial charge in [0.25, 0.3) is 0 Å². The van der Waals surface area contributed by atoms with Crippen LogP contribution in [0.2, 0.25) is 10.0 Å². The molecule has 0 N–H and O–H groups in total. The number of nitrogens with zero attached hydrogens (tertiary/aromatic N) is 1. The fourth-order valence-electron chi connectivity index (χ4n) is 0.612. The monoisotopic (exact) mass is 203 g/mol. The first kappa shape index (κ1) is 8.73. The molecule has 0 saturated carbocycles. The van der Waals surface area contributed by atoms with E-state index in [0.29, 0.717) is 14.9 Å². The van der Waals surface area contributed by atoms with Crippen LogP contribution in [0.4, 0.5) is 0 Å². The average molecular weight is 204 g/mol. The van der Waals surface area contributed by atoms with Gasteiger partial charge in [0, 0.05) is 4.90 Å². The van der Waals surface area contributed by atoms with E-state index in [1.54, 1.807) is 18.2 Å². The molecule has 0 amide bonds. The predicted molar refractivity (Wildman–Crippen MR) is 47.9 cm³/mol. The van der Waals surface area contributed by atoms with Crippen molar-refractivity contribution in [1.29, 1.82) is 5.26 Å². The molecule has 0 aliphatic carbocycles. The second kappa shape index (κ2) is 3.87. The Labute approximate surface area is 78.9 Å². The third kappa shape index (κ3) is 2.03. The van der Waals surface area contributed by atoms with E-state index >= 15 is 0 Å². The molecular weight excluding hydrogens is 201 g/mol. The highest BCUT2D eigenvalue weighted by molar-refractivity contribution is 8.03. The number of thiocyanates is 1. The fourth-order valence-corrected chi connectivity index (χ4v) is 1.53. The van der Waals surface area contributed by atoms with Crippen LogP contribution >= 0.6 is 35.0 Å². The van der Waals surface area contributed by atoms with Gasteiger partial charge in [-0.25, -0.2) is 0 Å². The van der Waals surface area contributed by atoms with Crippen LogP contribution in [0, 0.1) is 10.7 Å². The van der Waals surface area contributed by atoms with Crippen LogP contribution in [-0.2, 0) is 0 Å². The molecule has 11 heavy (non-hydrogen) atoms. The van der Waals surface area contributed by atoms with Gasteiger partial charge in [-0.15, -0.1) is 0 Å². The second-order valence-corrected chi connectivity index (χ2v) is 3.36. The van der Waals surface area contributed by atoms with E-state index in [-0.39, 0.29) is 0 Å².